The fourth-order valence-electron chi connectivity index (χ4n) is 4.32. The van der Waals surface area contributed by atoms with Crippen molar-refractivity contribution in [2.75, 3.05) is 6.54 Å². The number of nitrogens with zero attached hydrogens (tertiary/aromatic N) is 2. The number of benzene rings is 3. The fraction of sp³-hybridized carbons (Fsp3) is 0.308. The van der Waals surface area contributed by atoms with Crippen LogP contribution in [0, 0.1) is 0 Å². The first-order chi connectivity index (χ1) is 13.8. The summed E-state index contributed by atoms with van der Waals surface area (Å²) in [6.07, 6.45) is 1.23. The Labute approximate surface area is 169 Å². The third-order valence-corrected chi connectivity index (χ3v) is 5.88. The lowest BCUT2D eigenvalue weighted by molar-refractivity contribution is 0.173. The summed E-state index contributed by atoms with van der Waals surface area (Å²) in [4.78, 5) is 5.31. The summed E-state index contributed by atoms with van der Waals surface area (Å²) in [7, 11) is 0. The Kier molecular flexibility index (Phi) is 6.20. The number of hydrogen-bond acceptors (Lipinski definition) is 2. The van der Waals surface area contributed by atoms with Crippen molar-refractivity contribution in [3.63, 3.8) is 0 Å². The van der Waals surface area contributed by atoms with Crippen molar-refractivity contribution in [2.24, 2.45) is 0 Å². The number of rotatable bonds is 7. The van der Waals surface area contributed by atoms with Crippen molar-refractivity contribution >= 4 is 0 Å². The molecule has 2 nitrogen and oxygen atoms in total. The zero-order valence-electron chi connectivity index (χ0n) is 16.7. The lowest BCUT2D eigenvalue weighted by Gasteiger charge is -2.29. The molecule has 0 bridgehead atoms. The summed E-state index contributed by atoms with van der Waals surface area (Å²) in [6.45, 7) is 6.57. The van der Waals surface area contributed by atoms with Crippen LogP contribution in [-0.4, -0.2) is 28.4 Å². The molecule has 28 heavy (non-hydrogen) atoms. The van der Waals surface area contributed by atoms with Gasteiger partial charge < -0.3 is 0 Å². The second kappa shape index (κ2) is 9.18. The zero-order chi connectivity index (χ0) is 19.2. The van der Waals surface area contributed by atoms with Crippen LogP contribution >= 0.6 is 0 Å². The molecule has 3 aromatic carbocycles. The molecule has 1 fully saturated rings. The highest BCUT2D eigenvalue weighted by Gasteiger charge is 2.32. The van der Waals surface area contributed by atoms with Crippen LogP contribution in [0.25, 0.3) is 0 Å². The Morgan fingerprint density at radius 3 is 1.68 bits per heavy atom. The maximum atomic E-state index is 2.67. The van der Waals surface area contributed by atoms with Gasteiger partial charge in [-0.25, -0.2) is 0 Å². The average molecular weight is 371 g/mol. The largest absolute Gasteiger partial charge is 0.295 e. The highest BCUT2D eigenvalue weighted by atomic mass is 15.3. The lowest BCUT2D eigenvalue weighted by atomic mass is 10.1. The van der Waals surface area contributed by atoms with Crippen molar-refractivity contribution < 1.29 is 0 Å². The third-order valence-electron chi connectivity index (χ3n) is 5.88. The second-order valence-corrected chi connectivity index (χ2v) is 8.03. The van der Waals surface area contributed by atoms with E-state index in [9.17, 15) is 0 Å². The molecule has 0 spiro atoms. The topological polar surface area (TPSA) is 6.48 Å². The molecule has 0 aromatic heterocycles. The van der Waals surface area contributed by atoms with Crippen LogP contribution in [0.2, 0.25) is 0 Å². The van der Waals surface area contributed by atoms with E-state index in [4.69, 9.17) is 0 Å². The minimum Gasteiger partial charge on any atom is -0.295 e. The van der Waals surface area contributed by atoms with Gasteiger partial charge in [-0.2, -0.15) is 0 Å². The van der Waals surface area contributed by atoms with E-state index in [2.05, 4.69) is 108 Å². The molecule has 0 saturated carbocycles. The van der Waals surface area contributed by atoms with E-state index < -0.39 is 0 Å². The summed E-state index contributed by atoms with van der Waals surface area (Å²) >= 11 is 0. The van der Waals surface area contributed by atoms with Gasteiger partial charge in [0.05, 0.1) is 0 Å². The molecule has 2 heteroatoms. The second-order valence-electron chi connectivity index (χ2n) is 8.03. The van der Waals surface area contributed by atoms with Gasteiger partial charge in [0.1, 0.15) is 0 Å². The first kappa shape index (κ1) is 18.9. The predicted octanol–water partition coefficient (Wildman–Crippen LogP) is 5.35. The van der Waals surface area contributed by atoms with Crippen LogP contribution in [-0.2, 0) is 19.6 Å². The molecule has 0 radical (unpaired) electrons. The number of hydrogen-bond donors (Lipinski definition) is 0. The van der Waals surface area contributed by atoms with Gasteiger partial charge in [-0.1, -0.05) is 91.0 Å². The summed E-state index contributed by atoms with van der Waals surface area (Å²) in [6, 6.07) is 33.8. The van der Waals surface area contributed by atoms with E-state index in [1.54, 1.807) is 0 Å². The predicted molar refractivity (Wildman–Crippen MR) is 117 cm³/mol. The van der Waals surface area contributed by atoms with Crippen molar-refractivity contribution in [3.8, 4) is 0 Å². The Hall–Kier alpha value is -2.42. The van der Waals surface area contributed by atoms with E-state index in [1.165, 1.54) is 23.1 Å². The van der Waals surface area contributed by atoms with Crippen molar-refractivity contribution in [3.05, 3.63) is 108 Å². The average Bonchev–Trinajstić information content (AvgIpc) is 3.10. The number of likely N-dealkylation sites (tertiary alicyclic amines) is 1. The molecule has 0 N–H and O–H groups in total. The van der Waals surface area contributed by atoms with Crippen LogP contribution in [0.1, 0.15) is 30.0 Å². The summed E-state index contributed by atoms with van der Waals surface area (Å²) in [5, 5.41) is 0. The molecule has 1 saturated heterocycles. The van der Waals surface area contributed by atoms with Gasteiger partial charge in [-0.05, 0) is 30.0 Å². The smallest absolute Gasteiger partial charge is 0.0245 e. The van der Waals surface area contributed by atoms with Crippen molar-refractivity contribution in [2.45, 2.75) is 45.1 Å². The summed E-state index contributed by atoms with van der Waals surface area (Å²) < 4.78 is 0. The highest BCUT2D eigenvalue weighted by molar-refractivity contribution is 5.18. The molecule has 2 atom stereocenters. The maximum absolute atomic E-state index is 2.67. The van der Waals surface area contributed by atoms with Crippen LogP contribution in [0.5, 0.6) is 0 Å². The Bertz CT molecular complexity index is 791. The molecule has 0 aliphatic carbocycles. The molecule has 144 valence electrons. The first-order valence-electron chi connectivity index (χ1n) is 10.4. The molecule has 0 amide bonds. The van der Waals surface area contributed by atoms with Crippen LogP contribution in [0.4, 0.5) is 0 Å². The maximum Gasteiger partial charge on any atom is 0.0245 e. The van der Waals surface area contributed by atoms with Crippen LogP contribution < -0.4 is 0 Å². The Morgan fingerprint density at radius 2 is 1.18 bits per heavy atom. The van der Waals surface area contributed by atoms with Gasteiger partial charge in [-0.3, -0.25) is 9.80 Å². The molecule has 1 heterocycles. The van der Waals surface area contributed by atoms with Gasteiger partial charge in [-0.15, -0.1) is 0 Å². The van der Waals surface area contributed by atoms with E-state index in [0.717, 1.165) is 26.2 Å². The lowest BCUT2D eigenvalue weighted by Crippen LogP contribution is -2.36. The monoisotopic (exact) mass is 370 g/mol. The van der Waals surface area contributed by atoms with Crippen LogP contribution in [0.15, 0.2) is 91.0 Å². The van der Waals surface area contributed by atoms with Gasteiger partial charge in [0.15, 0.2) is 0 Å². The normalized spacial score (nSPS) is 19.9. The van der Waals surface area contributed by atoms with Gasteiger partial charge >= 0.3 is 0 Å². The van der Waals surface area contributed by atoms with Crippen molar-refractivity contribution in [1.82, 2.24) is 9.80 Å². The SMILES string of the molecule is C[C@@H]1C[C@H](N(Cc2ccccc2)Cc2ccccc2)CN1Cc1ccccc1. The highest BCUT2D eigenvalue weighted by Crippen LogP contribution is 2.26. The van der Waals surface area contributed by atoms with E-state index >= 15 is 0 Å². The Balaban J connectivity index is 1.49. The molecule has 1 aliphatic rings. The van der Waals surface area contributed by atoms with Crippen LogP contribution in [0.3, 0.4) is 0 Å². The molecule has 3 aromatic rings. The standard InChI is InChI=1S/C26H30N2/c1-22-17-26(21-27(22)18-23-11-5-2-6-12-23)28(19-24-13-7-3-8-14-24)20-25-15-9-4-10-16-25/h2-16,22,26H,17-21H2,1H3/t22-,26+/m1/s1. The summed E-state index contributed by atoms with van der Waals surface area (Å²) in [5.74, 6) is 0. The van der Waals surface area contributed by atoms with Gasteiger partial charge in [0.2, 0.25) is 0 Å². The fourth-order valence-corrected chi connectivity index (χ4v) is 4.32. The van der Waals surface area contributed by atoms with Gasteiger partial charge in [0, 0.05) is 38.3 Å². The summed E-state index contributed by atoms with van der Waals surface area (Å²) in [5.41, 5.74) is 4.20. The van der Waals surface area contributed by atoms with E-state index in [1.807, 2.05) is 0 Å². The van der Waals surface area contributed by atoms with Gasteiger partial charge in [0.25, 0.3) is 0 Å². The zero-order valence-corrected chi connectivity index (χ0v) is 16.7. The van der Waals surface area contributed by atoms with Crippen molar-refractivity contribution in [1.29, 1.82) is 0 Å². The minimum atomic E-state index is 0.583. The molecule has 1 aliphatic heterocycles. The van der Waals surface area contributed by atoms with E-state index in [-0.39, 0.29) is 0 Å². The first-order valence-corrected chi connectivity index (χ1v) is 10.4. The Morgan fingerprint density at radius 1 is 0.714 bits per heavy atom. The molecule has 4 rings (SSSR count). The molecular formula is C26H30N2. The van der Waals surface area contributed by atoms with E-state index in [0.29, 0.717) is 12.1 Å². The third kappa shape index (κ3) is 4.89. The molecule has 0 unspecified atom stereocenters. The molecular weight excluding hydrogens is 340 g/mol. The quantitative estimate of drug-likeness (QED) is 0.553. The minimum absolute atomic E-state index is 0.583.